The Bertz CT molecular complexity index is 813. The zero-order chi connectivity index (χ0) is 17.2. The van der Waals surface area contributed by atoms with Crippen molar-refractivity contribution in [1.82, 2.24) is 9.88 Å². The lowest BCUT2D eigenvalue weighted by atomic mass is 10.1. The number of sulfonamides is 1. The predicted molar refractivity (Wildman–Crippen MR) is 91.5 cm³/mol. The Morgan fingerprint density at radius 2 is 1.96 bits per heavy atom. The van der Waals surface area contributed by atoms with Gasteiger partial charge in [0.15, 0.2) is 0 Å². The zero-order valence-electron chi connectivity index (χ0n) is 12.8. The monoisotopic (exact) mass is 399 g/mol. The Labute approximate surface area is 143 Å². The number of nitrogens with two attached hydrogens (primary N) is 1. The summed E-state index contributed by atoms with van der Waals surface area (Å²) >= 11 is 3.36. The molecule has 0 bridgehead atoms. The van der Waals surface area contributed by atoms with Gasteiger partial charge in [-0.05, 0) is 53.5 Å². The fraction of sp³-hybridized carbons (Fsp3) is 0.267. The number of primary sulfonamides is 1. The number of carbonyl (C=O) groups excluding carboxylic acids is 1. The minimum Gasteiger partial charge on any atom is -0.344 e. The minimum atomic E-state index is -3.71. The molecule has 0 spiro atoms. The summed E-state index contributed by atoms with van der Waals surface area (Å²) in [7, 11) is -3.71. The molecule has 0 saturated carbocycles. The molecule has 23 heavy (non-hydrogen) atoms. The van der Waals surface area contributed by atoms with Gasteiger partial charge in [-0.1, -0.05) is 12.1 Å². The van der Waals surface area contributed by atoms with Crippen molar-refractivity contribution in [2.24, 2.45) is 5.14 Å². The van der Waals surface area contributed by atoms with E-state index in [-0.39, 0.29) is 16.8 Å². The van der Waals surface area contributed by atoms with Crippen LogP contribution in [0.3, 0.4) is 0 Å². The van der Waals surface area contributed by atoms with Crippen LogP contribution in [0.2, 0.25) is 0 Å². The molecule has 3 N–H and O–H groups in total. The van der Waals surface area contributed by atoms with Crippen LogP contribution in [-0.2, 0) is 16.6 Å². The Hall–Kier alpha value is -1.64. The fourth-order valence-electron chi connectivity index (χ4n) is 2.23. The molecule has 0 radical (unpaired) electrons. The third-order valence-electron chi connectivity index (χ3n) is 3.49. The van der Waals surface area contributed by atoms with Crippen LogP contribution in [0, 0.1) is 0 Å². The molecule has 1 aromatic heterocycles. The predicted octanol–water partition coefficient (Wildman–Crippen LogP) is 2.41. The molecule has 1 amide bonds. The van der Waals surface area contributed by atoms with Crippen molar-refractivity contribution in [3.63, 3.8) is 0 Å². The highest BCUT2D eigenvalue weighted by Gasteiger charge is 2.16. The van der Waals surface area contributed by atoms with E-state index in [4.69, 9.17) is 5.14 Å². The van der Waals surface area contributed by atoms with E-state index in [1.807, 2.05) is 24.6 Å². The number of rotatable bonds is 5. The smallest absolute Gasteiger partial charge is 0.268 e. The van der Waals surface area contributed by atoms with Gasteiger partial charge in [0.05, 0.1) is 10.9 Å². The van der Waals surface area contributed by atoms with Crippen molar-refractivity contribution in [3.8, 4) is 0 Å². The third kappa shape index (κ3) is 4.21. The van der Waals surface area contributed by atoms with E-state index >= 15 is 0 Å². The molecule has 2 rings (SSSR count). The van der Waals surface area contributed by atoms with Gasteiger partial charge in [0.25, 0.3) is 5.91 Å². The standard InChI is InChI=1S/C15H18BrN3O3S/c1-3-19-9-12(16)8-14(19)15(20)18-10(2)11-4-6-13(7-5-11)23(17,21)22/h4-10H,3H2,1-2H3,(H,18,20)(H2,17,21,22). The highest BCUT2D eigenvalue weighted by molar-refractivity contribution is 9.10. The van der Waals surface area contributed by atoms with Gasteiger partial charge < -0.3 is 9.88 Å². The lowest BCUT2D eigenvalue weighted by molar-refractivity contribution is 0.0930. The van der Waals surface area contributed by atoms with Crippen molar-refractivity contribution in [3.05, 3.63) is 52.3 Å². The Morgan fingerprint density at radius 1 is 1.35 bits per heavy atom. The maximum atomic E-state index is 12.4. The van der Waals surface area contributed by atoms with Crippen molar-refractivity contribution >= 4 is 31.9 Å². The van der Waals surface area contributed by atoms with Crippen molar-refractivity contribution in [2.75, 3.05) is 0 Å². The van der Waals surface area contributed by atoms with Crippen molar-refractivity contribution in [2.45, 2.75) is 31.3 Å². The average Bonchev–Trinajstić information content (AvgIpc) is 2.87. The van der Waals surface area contributed by atoms with Gasteiger partial charge in [0.1, 0.15) is 5.69 Å². The molecule has 0 aliphatic heterocycles. The van der Waals surface area contributed by atoms with E-state index < -0.39 is 10.0 Å². The normalized spacial score (nSPS) is 12.9. The Balaban J connectivity index is 2.15. The maximum absolute atomic E-state index is 12.4. The van der Waals surface area contributed by atoms with Crippen LogP contribution in [-0.4, -0.2) is 18.9 Å². The molecule has 1 unspecified atom stereocenters. The molecule has 1 aromatic carbocycles. The summed E-state index contributed by atoms with van der Waals surface area (Å²) in [4.78, 5) is 12.4. The van der Waals surface area contributed by atoms with Crippen LogP contribution in [0.5, 0.6) is 0 Å². The average molecular weight is 400 g/mol. The SMILES string of the molecule is CCn1cc(Br)cc1C(=O)NC(C)c1ccc(S(N)(=O)=O)cc1. The topological polar surface area (TPSA) is 94.2 Å². The molecule has 0 saturated heterocycles. The number of nitrogens with one attached hydrogen (secondary N) is 1. The van der Waals surface area contributed by atoms with E-state index in [1.165, 1.54) is 12.1 Å². The summed E-state index contributed by atoms with van der Waals surface area (Å²) in [5, 5.41) is 7.97. The molecular weight excluding hydrogens is 382 g/mol. The van der Waals surface area contributed by atoms with Gasteiger partial charge in [-0.15, -0.1) is 0 Å². The van der Waals surface area contributed by atoms with Crippen LogP contribution in [0.4, 0.5) is 0 Å². The maximum Gasteiger partial charge on any atom is 0.268 e. The molecule has 1 heterocycles. The van der Waals surface area contributed by atoms with E-state index in [2.05, 4.69) is 21.2 Å². The van der Waals surface area contributed by atoms with Crippen LogP contribution in [0.15, 0.2) is 45.9 Å². The summed E-state index contributed by atoms with van der Waals surface area (Å²) in [6.07, 6.45) is 1.85. The molecule has 2 aromatic rings. The highest BCUT2D eigenvalue weighted by Crippen LogP contribution is 2.18. The number of aryl methyl sites for hydroxylation is 1. The molecule has 124 valence electrons. The minimum absolute atomic E-state index is 0.0450. The van der Waals surface area contributed by atoms with Gasteiger partial charge in [-0.2, -0.15) is 0 Å². The molecule has 0 fully saturated rings. The fourth-order valence-corrected chi connectivity index (χ4v) is 3.21. The zero-order valence-corrected chi connectivity index (χ0v) is 15.2. The summed E-state index contributed by atoms with van der Waals surface area (Å²) in [5.41, 5.74) is 1.35. The number of hydrogen-bond acceptors (Lipinski definition) is 3. The van der Waals surface area contributed by atoms with Crippen LogP contribution < -0.4 is 10.5 Å². The number of benzene rings is 1. The molecule has 0 aliphatic rings. The number of nitrogens with zero attached hydrogens (tertiary/aromatic N) is 1. The van der Waals surface area contributed by atoms with Gasteiger partial charge >= 0.3 is 0 Å². The first-order valence-electron chi connectivity index (χ1n) is 7.01. The first-order valence-corrected chi connectivity index (χ1v) is 9.35. The second-order valence-corrected chi connectivity index (χ2v) is 7.62. The van der Waals surface area contributed by atoms with E-state index in [0.717, 1.165) is 10.0 Å². The highest BCUT2D eigenvalue weighted by atomic mass is 79.9. The van der Waals surface area contributed by atoms with Crippen molar-refractivity contribution in [1.29, 1.82) is 0 Å². The van der Waals surface area contributed by atoms with E-state index in [1.54, 1.807) is 18.2 Å². The summed E-state index contributed by atoms with van der Waals surface area (Å²) in [5.74, 6) is -0.194. The van der Waals surface area contributed by atoms with E-state index in [0.29, 0.717) is 12.2 Å². The number of amides is 1. The summed E-state index contributed by atoms with van der Waals surface area (Å²) in [6, 6.07) is 7.63. The van der Waals surface area contributed by atoms with Gasteiger partial charge in [-0.25, -0.2) is 13.6 Å². The summed E-state index contributed by atoms with van der Waals surface area (Å²) in [6.45, 7) is 4.47. The number of hydrogen-bond donors (Lipinski definition) is 2. The molecule has 1 atom stereocenters. The Kier molecular flexibility index (Phi) is 5.28. The molecule has 6 nitrogen and oxygen atoms in total. The van der Waals surface area contributed by atoms with Gasteiger partial charge in [-0.3, -0.25) is 4.79 Å². The number of carbonyl (C=O) groups is 1. The molecule has 0 aliphatic carbocycles. The van der Waals surface area contributed by atoms with E-state index in [9.17, 15) is 13.2 Å². The number of aromatic nitrogens is 1. The summed E-state index contributed by atoms with van der Waals surface area (Å²) < 4.78 is 25.2. The Morgan fingerprint density at radius 3 is 2.48 bits per heavy atom. The second kappa shape index (κ2) is 6.86. The molecule has 8 heteroatoms. The number of halogens is 1. The lowest BCUT2D eigenvalue weighted by Gasteiger charge is -2.15. The first-order chi connectivity index (χ1) is 10.7. The van der Waals surface area contributed by atoms with Crippen molar-refractivity contribution < 1.29 is 13.2 Å². The van der Waals surface area contributed by atoms with Crippen LogP contribution in [0.1, 0.15) is 35.9 Å². The van der Waals surface area contributed by atoms with Crippen LogP contribution in [0.25, 0.3) is 0 Å². The first kappa shape index (κ1) is 17.7. The third-order valence-corrected chi connectivity index (χ3v) is 4.86. The van der Waals surface area contributed by atoms with Gasteiger partial charge in [0, 0.05) is 17.2 Å². The van der Waals surface area contributed by atoms with Gasteiger partial charge in [0.2, 0.25) is 10.0 Å². The lowest BCUT2D eigenvalue weighted by Crippen LogP contribution is -2.28. The quantitative estimate of drug-likeness (QED) is 0.807. The second-order valence-electron chi connectivity index (χ2n) is 5.14. The molecular formula is C15H18BrN3O3S. The largest absolute Gasteiger partial charge is 0.344 e. The van der Waals surface area contributed by atoms with Crippen LogP contribution >= 0.6 is 15.9 Å².